The molecule has 2 amide bonds. The van der Waals surface area contributed by atoms with E-state index in [-0.39, 0.29) is 5.69 Å². The van der Waals surface area contributed by atoms with E-state index in [0.29, 0.717) is 18.5 Å². The van der Waals surface area contributed by atoms with Gasteiger partial charge in [-0.05, 0) is 49.1 Å². The highest BCUT2D eigenvalue weighted by atomic mass is 19.2. The minimum absolute atomic E-state index is 0.121. The number of carbonyl (C=O) groups is 2. The molecule has 0 spiro atoms. The van der Waals surface area contributed by atoms with E-state index in [4.69, 9.17) is 0 Å². The Morgan fingerprint density at radius 3 is 2.00 bits per heavy atom. The van der Waals surface area contributed by atoms with Gasteiger partial charge in [-0.2, -0.15) is 0 Å². The maximum absolute atomic E-state index is 13.2. The number of benzene rings is 2. The van der Waals surface area contributed by atoms with E-state index < -0.39 is 28.9 Å². The Balaban J connectivity index is 1.68. The fraction of sp³-hybridized carbons (Fsp3) is 0.263. The molecule has 3 rings (SSSR count). The average Bonchev–Trinajstić information content (AvgIpc) is 3.41. The summed E-state index contributed by atoms with van der Waals surface area (Å²) in [5.41, 5.74) is 0.730. The Morgan fingerprint density at radius 2 is 1.48 bits per heavy atom. The number of aryl methyl sites for hydroxylation is 1. The third-order valence-electron chi connectivity index (χ3n) is 4.42. The summed E-state index contributed by atoms with van der Waals surface area (Å²) in [5.74, 6) is -2.95. The predicted octanol–water partition coefficient (Wildman–Crippen LogP) is 3.88. The molecule has 0 bridgehead atoms. The van der Waals surface area contributed by atoms with Crippen molar-refractivity contribution in [1.29, 1.82) is 0 Å². The topological polar surface area (TPSA) is 58.2 Å². The molecule has 1 aliphatic rings. The Bertz CT molecular complexity index is 815. The maximum Gasteiger partial charge on any atom is 0.240 e. The molecule has 2 aromatic carbocycles. The maximum atomic E-state index is 13.2. The zero-order chi connectivity index (χ0) is 18.0. The van der Waals surface area contributed by atoms with Crippen molar-refractivity contribution in [2.45, 2.75) is 26.2 Å². The average molecular weight is 344 g/mol. The number of hydrogen-bond acceptors (Lipinski definition) is 2. The summed E-state index contributed by atoms with van der Waals surface area (Å²) < 4.78 is 26.2. The van der Waals surface area contributed by atoms with Crippen molar-refractivity contribution in [1.82, 2.24) is 0 Å². The van der Waals surface area contributed by atoms with E-state index >= 15 is 0 Å². The van der Waals surface area contributed by atoms with Crippen LogP contribution >= 0.6 is 0 Å². The Labute approximate surface area is 144 Å². The van der Waals surface area contributed by atoms with Gasteiger partial charge < -0.3 is 10.6 Å². The van der Waals surface area contributed by atoms with Crippen LogP contribution in [-0.2, 0) is 16.0 Å². The summed E-state index contributed by atoms with van der Waals surface area (Å²) in [5, 5.41) is 5.24. The fourth-order valence-corrected chi connectivity index (χ4v) is 2.58. The molecule has 0 heterocycles. The third-order valence-corrected chi connectivity index (χ3v) is 4.42. The minimum Gasteiger partial charge on any atom is -0.325 e. The third kappa shape index (κ3) is 3.52. The highest BCUT2D eigenvalue weighted by Gasteiger charge is 2.56. The van der Waals surface area contributed by atoms with Gasteiger partial charge in [0.25, 0.3) is 0 Å². The zero-order valence-electron chi connectivity index (χ0n) is 13.7. The van der Waals surface area contributed by atoms with Crippen LogP contribution in [0.5, 0.6) is 0 Å². The second-order valence-corrected chi connectivity index (χ2v) is 6.17. The van der Waals surface area contributed by atoms with E-state index in [1.165, 1.54) is 6.07 Å². The van der Waals surface area contributed by atoms with Gasteiger partial charge in [-0.15, -0.1) is 0 Å². The number of rotatable bonds is 5. The molecule has 0 radical (unpaired) electrons. The molecule has 4 nitrogen and oxygen atoms in total. The van der Waals surface area contributed by atoms with Crippen LogP contribution in [0.3, 0.4) is 0 Å². The van der Waals surface area contributed by atoms with E-state index in [2.05, 4.69) is 10.6 Å². The number of halogens is 2. The van der Waals surface area contributed by atoms with Crippen molar-refractivity contribution in [3.8, 4) is 0 Å². The normalized spacial score (nSPS) is 14.7. The molecule has 1 saturated carbocycles. The second kappa shape index (κ2) is 6.63. The van der Waals surface area contributed by atoms with Gasteiger partial charge in [0.15, 0.2) is 11.6 Å². The molecule has 2 aromatic rings. The monoisotopic (exact) mass is 344 g/mol. The molecule has 1 fully saturated rings. The van der Waals surface area contributed by atoms with E-state index in [9.17, 15) is 18.4 Å². The molecule has 0 saturated heterocycles. The van der Waals surface area contributed by atoms with Crippen LogP contribution in [0.4, 0.5) is 20.2 Å². The molecule has 6 heteroatoms. The standard InChI is InChI=1S/C19H18F2N2O2/c1-2-12-3-5-13(6-4-12)22-17(24)19(9-10-19)18(25)23-14-7-8-15(20)16(21)11-14/h3-8,11H,2,9-10H2,1H3,(H,22,24)(H,23,25). The predicted molar refractivity (Wildman–Crippen MR) is 91.1 cm³/mol. The second-order valence-electron chi connectivity index (χ2n) is 6.17. The quantitative estimate of drug-likeness (QED) is 0.809. The lowest BCUT2D eigenvalue weighted by molar-refractivity contribution is -0.131. The molecule has 1 aliphatic carbocycles. The lowest BCUT2D eigenvalue weighted by Gasteiger charge is -2.16. The molecular weight excluding hydrogens is 326 g/mol. The van der Waals surface area contributed by atoms with Crippen LogP contribution in [0, 0.1) is 17.0 Å². The van der Waals surface area contributed by atoms with E-state index in [0.717, 1.165) is 24.1 Å². The highest BCUT2D eigenvalue weighted by Crippen LogP contribution is 2.47. The van der Waals surface area contributed by atoms with Crippen molar-refractivity contribution < 1.29 is 18.4 Å². The summed E-state index contributed by atoms with van der Waals surface area (Å²) >= 11 is 0. The van der Waals surface area contributed by atoms with Gasteiger partial charge in [-0.25, -0.2) is 8.78 Å². The SMILES string of the molecule is CCc1ccc(NC(=O)C2(C(=O)Nc3ccc(F)c(F)c3)CC2)cc1. The largest absolute Gasteiger partial charge is 0.325 e. The lowest BCUT2D eigenvalue weighted by atomic mass is 10.0. The number of carbonyl (C=O) groups excluding carboxylic acids is 2. The fourth-order valence-electron chi connectivity index (χ4n) is 2.58. The van der Waals surface area contributed by atoms with Crippen LogP contribution in [0.1, 0.15) is 25.3 Å². The van der Waals surface area contributed by atoms with Crippen molar-refractivity contribution >= 4 is 23.2 Å². The van der Waals surface area contributed by atoms with Crippen molar-refractivity contribution in [2.75, 3.05) is 10.6 Å². The number of anilines is 2. The number of hydrogen-bond donors (Lipinski definition) is 2. The van der Waals surface area contributed by atoms with Gasteiger partial charge in [0.2, 0.25) is 11.8 Å². The van der Waals surface area contributed by atoms with Gasteiger partial charge in [0, 0.05) is 17.4 Å². The Kier molecular flexibility index (Phi) is 4.53. The molecule has 0 aromatic heterocycles. The van der Waals surface area contributed by atoms with Crippen LogP contribution in [0.15, 0.2) is 42.5 Å². The first-order chi connectivity index (χ1) is 11.9. The zero-order valence-corrected chi connectivity index (χ0v) is 13.7. The van der Waals surface area contributed by atoms with Crippen LogP contribution in [0.2, 0.25) is 0 Å². The van der Waals surface area contributed by atoms with Crippen molar-refractivity contribution in [3.05, 3.63) is 59.7 Å². The summed E-state index contributed by atoms with van der Waals surface area (Å²) in [6, 6.07) is 10.5. The Morgan fingerprint density at radius 1 is 0.920 bits per heavy atom. The summed E-state index contributed by atoms with van der Waals surface area (Å²) in [6.45, 7) is 2.04. The highest BCUT2D eigenvalue weighted by molar-refractivity contribution is 6.16. The van der Waals surface area contributed by atoms with Gasteiger partial charge in [-0.1, -0.05) is 19.1 Å². The van der Waals surface area contributed by atoms with Gasteiger partial charge >= 0.3 is 0 Å². The summed E-state index contributed by atoms with van der Waals surface area (Å²) in [7, 11) is 0. The lowest BCUT2D eigenvalue weighted by Crippen LogP contribution is -2.35. The first-order valence-corrected chi connectivity index (χ1v) is 8.11. The smallest absolute Gasteiger partial charge is 0.240 e. The minimum atomic E-state index is -1.16. The molecule has 25 heavy (non-hydrogen) atoms. The van der Waals surface area contributed by atoms with Gasteiger partial charge in [-0.3, -0.25) is 9.59 Å². The summed E-state index contributed by atoms with van der Waals surface area (Å²) in [6.07, 6.45) is 1.73. The van der Waals surface area contributed by atoms with Gasteiger partial charge in [0.1, 0.15) is 5.41 Å². The van der Waals surface area contributed by atoms with E-state index in [1.807, 2.05) is 19.1 Å². The molecule has 0 atom stereocenters. The summed E-state index contributed by atoms with van der Waals surface area (Å²) in [4.78, 5) is 24.9. The number of nitrogens with one attached hydrogen (secondary N) is 2. The van der Waals surface area contributed by atoms with E-state index in [1.54, 1.807) is 12.1 Å². The van der Waals surface area contributed by atoms with Crippen LogP contribution in [-0.4, -0.2) is 11.8 Å². The molecule has 0 unspecified atom stereocenters. The molecule has 130 valence electrons. The van der Waals surface area contributed by atoms with Crippen molar-refractivity contribution in [3.63, 3.8) is 0 Å². The molecule has 2 N–H and O–H groups in total. The van der Waals surface area contributed by atoms with Gasteiger partial charge in [0.05, 0.1) is 0 Å². The Hall–Kier alpha value is -2.76. The number of amides is 2. The molecule has 0 aliphatic heterocycles. The van der Waals surface area contributed by atoms with Crippen LogP contribution in [0.25, 0.3) is 0 Å². The van der Waals surface area contributed by atoms with Crippen molar-refractivity contribution in [2.24, 2.45) is 5.41 Å². The first kappa shape index (κ1) is 17.1. The molecular formula is C19H18F2N2O2. The van der Waals surface area contributed by atoms with Crippen LogP contribution < -0.4 is 10.6 Å². The first-order valence-electron chi connectivity index (χ1n) is 8.11.